The molecule has 0 aromatic carbocycles. The molecule has 0 aliphatic heterocycles. The second-order valence-electron chi connectivity index (χ2n) is 5.17. The number of hydrogen-bond acceptors (Lipinski definition) is 1. The molecular formula is C14H26O3. The zero-order chi connectivity index (χ0) is 12.0. The van der Waals surface area contributed by atoms with Gasteiger partial charge in [-0.3, -0.25) is 0 Å². The van der Waals surface area contributed by atoms with E-state index in [4.69, 9.17) is 5.11 Å². The average molecular weight is 242 g/mol. The molecule has 3 nitrogen and oxygen atoms in total. The summed E-state index contributed by atoms with van der Waals surface area (Å²) in [4.78, 5) is 9.60. The van der Waals surface area contributed by atoms with E-state index in [1.165, 1.54) is 32.6 Å². The number of carboxylic acids is 1. The average Bonchev–Trinajstić information content (AvgIpc) is 2.91. The third kappa shape index (κ3) is 5.87. The molecule has 2 aliphatic carbocycles. The predicted octanol–water partition coefficient (Wildman–Crippen LogP) is 3.19. The van der Waals surface area contributed by atoms with E-state index in [2.05, 4.69) is 6.58 Å². The van der Waals surface area contributed by atoms with E-state index < -0.39 is 5.97 Å². The molecular weight excluding hydrogens is 216 g/mol. The maximum absolute atomic E-state index is 9.60. The monoisotopic (exact) mass is 242 g/mol. The summed E-state index contributed by atoms with van der Waals surface area (Å²) in [5.41, 5.74) is 0.176. The second-order valence-corrected chi connectivity index (χ2v) is 5.17. The molecule has 0 heterocycles. The van der Waals surface area contributed by atoms with Crippen molar-refractivity contribution in [3.8, 4) is 0 Å². The Morgan fingerprint density at radius 2 is 1.24 bits per heavy atom. The highest BCUT2D eigenvalue weighted by atomic mass is 16.4. The second kappa shape index (κ2) is 8.29. The summed E-state index contributed by atoms with van der Waals surface area (Å²) in [5, 5.41) is 7.89. The molecule has 0 unspecified atom stereocenters. The van der Waals surface area contributed by atoms with Crippen LogP contribution < -0.4 is 0 Å². The Hall–Kier alpha value is -0.830. The summed E-state index contributed by atoms with van der Waals surface area (Å²) in [6.07, 6.45) is 12.4. The molecule has 0 radical (unpaired) electrons. The van der Waals surface area contributed by atoms with Crippen molar-refractivity contribution in [2.45, 2.75) is 58.3 Å². The van der Waals surface area contributed by atoms with Gasteiger partial charge in [0.1, 0.15) is 0 Å². The zero-order valence-electron chi connectivity index (χ0n) is 10.9. The van der Waals surface area contributed by atoms with Crippen LogP contribution in [0.1, 0.15) is 58.3 Å². The number of carboxylic acid groups (broad SMARTS) is 1. The molecule has 17 heavy (non-hydrogen) atoms. The normalized spacial score (nSPS) is 20.3. The Morgan fingerprint density at radius 1 is 1.00 bits per heavy atom. The van der Waals surface area contributed by atoms with Gasteiger partial charge in [-0.05, 0) is 18.8 Å². The lowest BCUT2D eigenvalue weighted by Gasteiger charge is -2.16. The molecule has 0 spiro atoms. The Labute approximate surface area is 104 Å². The van der Waals surface area contributed by atoms with Gasteiger partial charge in [0.25, 0.3) is 0 Å². The summed E-state index contributed by atoms with van der Waals surface area (Å²) in [7, 11) is 0. The molecule has 3 N–H and O–H groups in total. The van der Waals surface area contributed by atoms with Crippen LogP contribution in [0.15, 0.2) is 12.2 Å². The minimum absolute atomic E-state index is 0. The highest BCUT2D eigenvalue weighted by molar-refractivity contribution is 5.84. The molecule has 2 rings (SSSR count). The first-order valence-electron chi connectivity index (χ1n) is 6.50. The van der Waals surface area contributed by atoms with Gasteiger partial charge in [-0.15, -0.1) is 0 Å². The van der Waals surface area contributed by atoms with Gasteiger partial charge in [0.15, 0.2) is 0 Å². The van der Waals surface area contributed by atoms with Gasteiger partial charge in [-0.2, -0.15) is 0 Å². The van der Waals surface area contributed by atoms with Crippen molar-refractivity contribution in [1.82, 2.24) is 0 Å². The fourth-order valence-corrected chi connectivity index (χ4v) is 2.86. The van der Waals surface area contributed by atoms with E-state index in [1.807, 2.05) is 0 Å². The van der Waals surface area contributed by atoms with Crippen molar-refractivity contribution in [2.24, 2.45) is 11.8 Å². The molecule has 0 saturated heterocycles. The van der Waals surface area contributed by atoms with E-state index in [1.54, 1.807) is 25.7 Å². The van der Waals surface area contributed by atoms with Gasteiger partial charge in [-0.1, -0.05) is 57.9 Å². The summed E-state index contributed by atoms with van der Waals surface area (Å²) in [6.45, 7) is 4.60. The first-order valence-corrected chi connectivity index (χ1v) is 6.50. The molecule has 2 fully saturated rings. The first kappa shape index (κ1) is 16.2. The lowest BCUT2D eigenvalue weighted by Crippen LogP contribution is -2.06. The van der Waals surface area contributed by atoms with Gasteiger partial charge < -0.3 is 10.6 Å². The molecule has 0 amide bonds. The van der Waals surface area contributed by atoms with Crippen LogP contribution in [0.25, 0.3) is 0 Å². The van der Waals surface area contributed by atoms with Crippen molar-refractivity contribution < 1.29 is 15.4 Å². The lowest BCUT2D eigenvalue weighted by molar-refractivity contribution is -0.132. The Balaban J connectivity index is 0.000000324. The number of hydrogen-bond donors (Lipinski definition) is 1. The maximum atomic E-state index is 9.60. The third-order valence-electron chi connectivity index (χ3n) is 3.83. The molecule has 0 bridgehead atoms. The number of carbonyl (C=O) groups is 1. The van der Waals surface area contributed by atoms with Gasteiger partial charge in [0.05, 0.1) is 0 Å². The van der Waals surface area contributed by atoms with E-state index in [-0.39, 0.29) is 11.0 Å². The van der Waals surface area contributed by atoms with Crippen LogP contribution in [0, 0.1) is 11.8 Å². The minimum Gasteiger partial charge on any atom is -0.478 e. The van der Waals surface area contributed by atoms with E-state index in [0.29, 0.717) is 0 Å². The predicted molar refractivity (Wildman–Crippen MR) is 70.0 cm³/mol. The third-order valence-corrected chi connectivity index (χ3v) is 3.83. The lowest BCUT2D eigenvalue weighted by atomic mass is 9.90. The highest BCUT2D eigenvalue weighted by Crippen LogP contribution is 2.39. The number of aliphatic carboxylic acids is 1. The van der Waals surface area contributed by atoms with E-state index in [9.17, 15) is 4.79 Å². The summed E-state index contributed by atoms with van der Waals surface area (Å²) < 4.78 is 0. The van der Waals surface area contributed by atoms with Crippen molar-refractivity contribution >= 4 is 5.97 Å². The van der Waals surface area contributed by atoms with Crippen molar-refractivity contribution in [3.05, 3.63) is 12.2 Å². The summed E-state index contributed by atoms with van der Waals surface area (Å²) >= 11 is 0. The van der Waals surface area contributed by atoms with E-state index >= 15 is 0 Å². The van der Waals surface area contributed by atoms with Gasteiger partial charge in [-0.25, -0.2) is 4.79 Å². The highest BCUT2D eigenvalue weighted by Gasteiger charge is 2.26. The topological polar surface area (TPSA) is 68.8 Å². The van der Waals surface area contributed by atoms with Crippen LogP contribution in [-0.2, 0) is 4.79 Å². The van der Waals surface area contributed by atoms with Crippen LogP contribution >= 0.6 is 0 Å². The molecule has 3 heteroatoms. The molecule has 0 aromatic rings. The van der Waals surface area contributed by atoms with Gasteiger partial charge in [0.2, 0.25) is 0 Å². The molecule has 100 valence electrons. The molecule has 2 saturated carbocycles. The fraction of sp³-hybridized carbons (Fsp3) is 0.786. The van der Waals surface area contributed by atoms with Crippen LogP contribution in [0.2, 0.25) is 0 Å². The van der Waals surface area contributed by atoms with Gasteiger partial charge in [0, 0.05) is 5.57 Å². The zero-order valence-corrected chi connectivity index (χ0v) is 10.9. The van der Waals surface area contributed by atoms with Gasteiger partial charge >= 0.3 is 5.97 Å². The maximum Gasteiger partial charge on any atom is 0.330 e. The molecule has 0 atom stereocenters. The van der Waals surface area contributed by atoms with Crippen molar-refractivity contribution in [1.29, 1.82) is 0 Å². The fourth-order valence-electron chi connectivity index (χ4n) is 2.86. The Morgan fingerprint density at radius 3 is 1.41 bits per heavy atom. The standard InChI is InChI=1S/C10H18.C4H6O2.H2O/c1-2-6-9(5-1)10-7-3-4-8-10;1-3(2)4(5)6;/h9-10H,1-8H2;1H2,2H3,(H,5,6);1H2. The number of rotatable bonds is 2. The molecule has 2 aliphatic rings. The van der Waals surface area contributed by atoms with E-state index in [0.717, 1.165) is 11.8 Å². The van der Waals surface area contributed by atoms with Crippen LogP contribution in [0.3, 0.4) is 0 Å². The van der Waals surface area contributed by atoms with Crippen LogP contribution in [0.4, 0.5) is 0 Å². The van der Waals surface area contributed by atoms with Crippen LogP contribution in [0.5, 0.6) is 0 Å². The Kier molecular flexibility index (Phi) is 7.88. The summed E-state index contributed by atoms with van der Waals surface area (Å²) in [5.74, 6) is 1.37. The quantitative estimate of drug-likeness (QED) is 0.755. The summed E-state index contributed by atoms with van der Waals surface area (Å²) in [6, 6.07) is 0. The van der Waals surface area contributed by atoms with Crippen molar-refractivity contribution in [2.75, 3.05) is 0 Å². The smallest absolute Gasteiger partial charge is 0.330 e. The SMILES string of the molecule is C1CCC(C2CCCC2)C1.C=C(C)C(=O)O.O. The Bertz CT molecular complexity index is 210. The molecule has 0 aromatic heterocycles. The largest absolute Gasteiger partial charge is 0.478 e. The van der Waals surface area contributed by atoms with Crippen LogP contribution in [-0.4, -0.2) is 16.6 Å². The van der Waals surface area contributed by atoms with Crippen molar-refractivity contribution in [3.63, 3.8) is 0 Å². The first-order chi connectivity index (χ1) is 7.61. The minimum atomic E-state index is -0.935.